The Morgan fingerprint density at radius 1 is 1.29 bits per heavy atom. The molecule has 1 fully saturated rings. The first-order valence-corrected chi connectivity index (χ1v) is 7.95. The molecule has 0 bridgehead atoms. The molecule has 0 radical (unpaired) electrons. The molecule has 1 saturated heterocycles. The fourth-order valence-electron chi connectivity index (χ4n) is 2.13. The molecule has 0 saturated carbocycles. The summed E-state index contributed by atoms with van der Waals surface area (Å²) >= 11 is 6.35. The van der Waals surface area contributed by atoms with Crippen LogP contribution < -0.4 is 4.90 Å². The van der Waals surface area contributed by atoms with E-state index in [2.05, 4.69) is 4.98 Å². The number of phenols is 1. The van der Waals surface area contributed by atoms with Gasteiger partial charge in [-0.25, -0.2) is 4.79 Å². The molecule has 6 nitrogen and oxygen atoms in total. The molecule has 120 valence electrons. The summed E-state index contributed by atoms with van der Waals surface area (Å²) in [4.78, 5) is 29.3. The van der Waals surface area contributed by atoms with Crippen molar-refractivity contribution in [1.29, 1.82) is 0 Å². The summed E-state index contributed by atoms with van der Waals surface area (Å²) < 4.78 is 0.296. The van der Waals surface area contributed by atoms with Gasteiger partial charge in [-0.2, -0.15) is 0 Å². The average Bonchev–Trinajstić information content (AvgIpc) is 2.82. The number of benzene rings is 1. The van der Waals surface area contributed by atoms with E-state index in [1.807, 2.05) is 6.07 Å². The number of carbonyl (C=O) groups is 2. The van der Waals surface area contributed by atoms with Crippen LogP contribution in [0.25, 0.3) is 6.08 Å². The van der Waals surface area contributed by atoms with Gasteiger partial charge in [0.25, 0.3) is 5.91 Å². The third kappa shape index (κ3) is 3.01. The molecule has 1 aliphatic heterocycles. The number of anilines is 1. The molecular formula is C16H10N2O4S2. The summed E-state index contributed by atoms with van der Waals surface area (Å²) in [6.07, 6.45) is 3.25. The zero-order valence-electron chi connectivity index (χ0n) is 12.0. The van der Waals surface area contributed by atoms with Gasteiger partial charge in [0, 0.05) is 12.3 Å². The van der Waals surface area contributed by atoms with Crippen LogP contribution in [0.4, 0.5) is 5.69 Å². The minimum absolute atomic E-state index is 0.242. The molecule has 24 heavy (non-hydrogen) atoms. The summed E-state index contributed by atoms with van der Waals surface area (Å²) in [5, 5.41) is 18.7. The summed E-state index contributed by atoms with van der Waals surface area (Å²) in [6, 6.07) is 9.21. The zero-order valence-corrected chi connectivity index (χ0v) is 13.7. The normalized spacial score (nSPS) is 16.0. The molecule has 1 aromatic carbocycles. The van der Waals surface area contributed by atoms with Crippen LogP contribution >= 0.6 is 24.0 Å². The van der Waals surface area contributed by atoms with Crippen molar-refractivity contribution in [3.63, 3.8) is 0 Å². The van der Waals surface area contributed by atoms with Crippen LogP contribution in [0.2, 0.25) is 0 Å². The number of aromatic hydroxyl groups is 1. The topological polar surface area (TPSA) is 90.7 Å². The third-order valence-corrected chi connectivity index (χ3v) is 4.53. The Kier molecular flexibility index (Phi) is 4.32. The van der Waals surface area contributed by atoms with E-state index in [-0.39, 0.29) is 11.5 Å². The van der Waals surface area contributed by atoms with Gasteiger partial charge in [0.1, 0.15) is 11.3 Å². The first-order valence-electron chi connectivity index (χ1n) is 6.72. The number of thioether (sulfide) groups is 1. The van der Waals surface area contributed by atoms with Crippen molar-refractivity contribution in [3.8, 4) is 5.75 Å². The Hall–Kier alpha value is -2.71. The van der Waals surface area contributed by atoms with Crippen molar-refractivity contribution in [3.05, 3.63) is 58.8 Å². The molecule has 1 amide bonds. The number of rotatable bonds is 3. The summed E-state index contributed by atoms with van der Waals surface area (Å²) in [7, 11) is 0. The fraction of sp³-hybridized carbons (Fsp3) is 0. The van der Waals surface area contributed by atoms with Gasteiger partial charge in [-0.1, -0.05) is 30.0 Å². The lowest BCUT2D eigenvalue weighted by Gasteiger charge is -2.15. The molecule has 3 rings (SSSR count). The molecular weight excluding hydrogens is 348 g/mol. The minimum atomic E-state index is -1.25. The van der Waals surface area contributed by atoms with E-state index in [0.717, 1.165) is 11.8 Å². The largest absolute Gasteiger partial charge is 0.507 e. The molecule has 1 aromatic heterocycles. The number of aromatic carboxylic acids is 1. The summed E-state index contributed by atoms with van der Waals surface area (Å²) in [5.41, 5.74) is 0.694. The Morgan fingerprint density at radius 3 is 2.71 bits per heavy atom. The fourth-order valence-corrected chi connectivity index (χ4v) is 3.41. The molecule has 8 heteroatoms. The predicted octanol–water partition coefficient (Wildman–Crippen LogP) is 2.89. The van der Waals surface area contributed by atoms with Gasteiger partial charge in [-0.05, 0) is 30.3 Å². The number of thiocarbonyl (C=S) groups is 1. The Labute approximate surface area is 146 Å². The van der Waals surface area contributed by atoms with Crippen LogP contribution in [0.15, 0.2) is 47.5 Å². The number of aromatic nitrogens is 1. The van der Waals surface area contributed by atoms with Crippen LogP contribution in [0.5, 0.6) is 5.75 Å². The van der Waals surface area contributed by atoms with Crippen molar-refractivity contribution >= 4 is 51.9 Å². The van der Waals surface area contributed by atoms with Crippen LogP contribution in [0.3, 0.4) is 0 Å². The molecule has 2 N–H and O–H groups in total. The summed E-state index contributed by atoms with van der Waals surface area (Å²) in [5.74, 6) is -2.03. The maximum absolute atomic E-state index is 12.6. The molecule has 0 unspecified atom stereocenters. The van der Waals surface area contributed by atoms with Crippen LogP contribution in [-0.4, -0.2) is 31.4 Å². The van der Waals surface area contributed by atoms with Crippen LogP contribution in [0, 0.1) is 0 Å². The number of amides is 1. The van der Waals surface area contributed by atoms with E-state index >= 15 is 0 Å². The quantitative estimate of drug-likeness (QED) is 0.644. The highest BCUT2D eigenvalue weighted by molar-refractivity contribution is 8.27. The first kappa shape index (κ1) is 16.2. The monoisotopic (exact) mass is 358 g/mol. The SMILES string of the molecule is O=C(O)c1ccc(N2C(=O)/C(=C/c3ccccn3)SC2=S)cc1O. The number of hydrogen-bond donors (Lipinski definition) is 2. The number of carboxylic acid groups (broad SMARTS) is 1. The molecule has 0 spiro atoms. The standard InChI is InChI=1S/C16H10N2O4S2/c19-12-8-10(4-5-11(12)15(21)22)18-14(20)13(24-16(18)23)7-9-3-1-2-6-17-9/h1-8,19H,(H,21,22)/b13-7-. The predicted molar refractivity (Wildman–Crippen MR) is 95.0 cm³/mol. The molecule has 2 aromatic rings. The minimum Gasteiger partial charge on any atom is -0.507 e. The smallest absolute Gasteiger partial charge is 0.339 e. The molecule has 0 aliphatic carbocycles. The maximum atomic E-state index is 12.6. The van der Waals surface area contributed by atoms with Crippen molar-refractivity contribution in [2.75, 3.05) is 4.90 Å². The molecule has 0 atom stereocenters. The second-order valence-electron chi connectivity index (χ2n) is 4.78. The maximum Gasteiger partial charge on any atom is 0.339 e. The lowest BCUT2D eigenvalue weighted by Crippen LogP contribution is -2.27. The number of carboxylic acids is 1. The van der Waals surface area contributed by atoms with Crippen molar-refractivity contribution in [2.45, 2.75) is 0 Å². The van der Waals surface area contributed by atoms with Gasteiger partial charge in [0.05, 0.1) is 16.3 Å². The molecule has 2 heterocycles. The number of pyridine rings is 1. The van der Waals surface area contributed by atoms with Gasteiger partial charge in [0.15, 0.2) is 4.32 Å². The highest BCUT2D eigenvalue weighted by atomic mass is 32.2. The van der Waals surface area contributed by atoms with E-state index in [4.69, 9.17) is 17.3 Å². The second kappa shape index (κ2) is 6.42. The lowest BCUT2D eigenvalue weighted by atomic mass is 10.1. The number of hydrogen-bond acceptors (Lipinski definition) is 6. The number of carbonyl (C=O) groups excluding carboxylic acids is 1. The lowest BCUT2D eigenvalue weighted by molar-refractivity contribution is -0.113. The van der Waals surface area contributed by atoms with E-state index in [0.29, 0.717) is 20.6 Å². The van der Waals surface area contributed by atoms with E-state index in [1.54, 1.807) is 24.4 Å². The van der Waals surface area contributed by atoms with Crippen LogP contribution in [-0.2, 0) is 4.79 Å². The first-order chi connectivity index (χ1) is 11.5. The van der Waals surface area contributed by atoms with Gasteiger partial charge in [-0.15, -0.1) is 0 Å². The van der Waals surface area contributed by atoms with Gasteiger partial charge in [-0.3, -0.25) is 14.7 Å². The Balaban J connectivity index is 1.94. The van der Waals surface area contributed by atoms with Crippen molar-refractivity contribution in [2.24, 2.45) is 0 Å². The number of nitrogens with zero attached hydrogens (tertiary/aromatic N) is 2. The van der Waals surface area contributed by atoms with E-state index < -0.39 is 11.7 Å². The van der Waals surface area contributed by atoms with E-state index in [1.165, 1.54) is 23.1 Å². The van der Waals surface area contributed by atoms with Crippen molar-refractivity contribution in [1.82, 2.24) is 4.98 Å². The van der Waals surface area contributed by atoms with Gasteiger partial charge >= 0.3 is 5.97 Å². The van der Waals surface area contributed by atoms with E-state index in [9.17, 15) is 14.7 Å². The highest BCUT2D eigenvalue weighted by Crippen LogP contribution is 2.37. The Morgan fingerprint density at radius 2 is 2.08 bits per heavy atom. The Bertz CT molecular complexity index is 881. The average molecular weight is 358 g/mol. The molecule has 1 aliphatic rings. The van der Waals surface area contributed by atoms with Crippen molar-refractivity contribution < 1.29 is 19.8 Å². The van der Waals surface area contributed by atoms with Gasteiger partial charge < -0.3 is 10.2 Å². The van der Waals surface area contributed by atoms with Gasteiger partial charge in [0.2, 0.25) is 0 Å². The zero-order chi connectivity index (χ0) is 17.3. The van der Waals surface area contributed by atoms with Crippen LogP contribution in [0.1, 0.15) is 16.1 Å². The highest BCUT2D eigenvalue weighted by Gasteiger charge is 2.33. The summed E-state index contributed by atoms with van der Waals surface area (Å²) in [6.45, 7) is 0. The third-order valence-electron chi connectivity index (χ3n) is 3.23. The second-order valence-corrected chi connectivity index (χ2v) is 6.45.